The molecule has 0 unspecified atom stereocenters. The number of halogens is 1. The van der Waals surface area contributed by atoms with Gasteiger partial charge in [-0.25, -0.2) is 9.97 Å². The Morgan fingerprint density at radius 2 is 2.00 bits per heavy atom. The number of aromatic nitrogens is 3. The van der Waals surface area contributed by atoms with E-state index in [1.165, 1.54) is 4.70 Å². The second-order valence-corrected chi connectivity index (χ2v) is 7.27. The molecule has 0 aliphatic heterocycles. The monoisotopic (exact) mass is 331 g/mol. The van der Waals surface area contributed by atoms with Crippen LogP contribution < -0.4 is 0 Å². The van der Waals surface area contributed by atoms with Crippen LogP contribution in [0.25, 0.3) is 15.9 Å². The highest BCUT2D eigenvalue weighted by Crippen LogP contribution is 2.31. The topological polar surface area (TPSA) is 30.2 Å². The molecule has 3 nitrogen and oxygen atoms in total. The molecular weight excluding hydrogens is 322 g/mol. The summed E-state index contributed by atoms with van der Waals surface area (Å²) in [5, 5.41) is 0.713. The van der Waals surface area contributed by atoms with Crippen LogP contribution in [0.5, 0.6) is 0 Å². The van der Waals surface area contributed by atoms with Gasteiger partial charge in [0.05, 0.1) is 20.9 Å². The fourth-order valence-corrected chi connectivity index (χ4v) is 4.26. The third-order valence-electron chi connectivity index (χ3n) is 3.08. The lowest BCUT2D eigenvalue weighted by molar-refractivity contribution is 1.18. The lowest BCUT2D eigenvalue weighted by Gasteiger charge is -1.92. The third kappa shape index (κ3) is 2.64. The fourth-order valence-electron chi connectivity index (χ4n) is 2.14. The lowest BCUT2D eigenvalue weighted by atomic mass is 10.3. The normalized spacial score (nSPS) is 11.5. The zero-order valence-electron chi connectivity index (χ0n) is 10.9. The summed E-state index contributed by atoms with van der Waals surface area (Å²) in [5.41, 5.74) is 3.01. The van der Waals surface area contributed by atoms with E-state index in [2.05, 4.69) is 16.0 Å². The maximum Gasteiger partial charge on any atom is 0.151 e. The average Bonchev–Trinajstić information content (AvgIpc) is 3.07. The first-order valence-corrected chi connectivity index (χ1v) is 8.57. The van der Waals surface area contributed by atoms with Gasteiger partial charge in [-0.05, 0) is 24.3 Å². The molecule has 21 heavy (non-hydrogen) atoms. The van der Waals surface area contributed by atoms with E-state index in [9.17, 15) is 0 Å². The van der Waals surface area contributed by atoms with Crippen molar-refractivity contribution in [2.24, 2.45) is 0 Å². The van der Waals surface area contributed by atoms with Crippen molar-refractivity contribution in [3.63, 3.8) is 0 Å². The average molecular weight is 332 g/mol. The van der Waals surface area contributed by atoms with Gasteiger partial charge in [0.1, 0.15) is 5.65 Å². The minimum absolute atomic E-state index is 0.713. The first kappa shape index (κ1) is 13.1. The number of para-hydroxylation sites is 1. The SMILES string of the molecule is Clc1ccc2nc(CSc3nc4ccccc4s3)cn2c1. The number of pyridine rings is 1. The number of imidazole rings is 1. The van der Waals surface area contributed by atoms with E-state index >= 15 is 0 Å². The summed E-state index contributed by atoms with van der Waals surface area (Å²) in [4.78, 5) is 9.20. The molecule has 4 rings (SSSR count). The van der Waals surface area contributed by atoms with Crippen molar-refractivity contribution in [1.29, 1.82) is 0 Å². The summed E-state index contributed by atoms with van der Waals surface area (Å²) in [6.45, 7) is 0. The molecule has 0 spiro atoms. The molecule has 0 aliphatic carbocycles. The first-order chi connectivity index (χ1) is 10.3. The molecular formula is C15H10ClN3S2. The Labute approximate surface area is 134 Å². The molecule has 0 saturated heterocycles. The van der Waals surface area contributed by atoms with Gasteiger partial charge in [0.15, 0.2) is 4.34 Å². The van der Waals surface area contributed by atoms with Crippen molar-refractivity contribution in [3.8, 4) is 0 Å². The second kappa shape index (κ2) is 5.33. The van der Waals surface area contributed by atoms with Crippen LogP contribution in [0.1, 0.15) is 5.69 Å². The molecule has 0 aliphatic rings. The fraction of sp³-hybridized carbons (Fsp3) is 0.0667. The Morgan fingerprint density at radius 1 is 1.10 bits per heavy atom. The first-order valence-electron chi connectivity index (χ1n) is 6.39. The molecule has 3 heterocycles. The summed E-state index contributed by atoms with van der Waals surface area (Å²) >= 11 is 9.42. The standard InChI is InChI=1S/C15H10ClN3S2/c16-10-5-6-14-17-11(8-19(14)7-10)9-20-15-18-12-3-1-2-4-13(12)21-15/h1-8H,9H2. The van der Waals surface area contributed by atoms with Crippen LogP contribution in [-0.2, 0) is 5.75 Å². The number of hydrogen-bond donors (Lipinski definition) is 0. The highest BCUT2D eigenvalue weighted by atomic mass is 35.5. The summed E-state index contributed by atoms with van der Waals surface area (Å²) in [6.07, 6.45) is 3.89. The van der Waals surface area contributed by atoms with Crippen molar-refractivity contribution in [3.05, 3.63) is 59.5 Å². The minimum atomic E-state index is 0.713. The zero-order chi connectivity index (χ0) is 14.2. The highest BCUT2D eigenvalue weighted by Gasteiger charge is 2.07. The Morgan fingerprint density at radius 3 is 2.90 bits per heavy atom. The summed E-state index contributed by atoms with van der Waals surface area (Å²) in [7, 11) is 0. The van der Waals surface area contributed by atoms with Gasteiger partial charge in [-0.3, -0.25) is 0 Å². The van der Waals surface area contributed by atoms with Crippen molar-refractivity contribution >= 4 is 50.6 Å². The lowest BCUT2D eigenvalue weighted by Crippen LogP contribution is -1.79. The van der Waals surface area contributed by atoms with E-state index in [1.807, 2.05) is 47.1 Å². The maximum atomic E-state index is 5.98. The number of nitrogens with zero attached hydrogens (tertiary/aromatic N) is 3. The molecule has 0 bridgehead atoms. The maximum absolute atomic E-state index is 5.98. The number of hydrogen-bond acceptors (Lipinski definition) is 4. The van der Waals surface area contributed by atoms with Gasteiger partial charge in [-0.1, -0.05) is 35.5 Å². The van der Waals surface area contributed by atoms with Crippen LogP contribution >= 0.6 is 34.7 Å². The molecule has 0 amide bonds. The van der Waals surface area contributed by atoms with E-state index in [4.69, 9.17) is 11.6 Å². The molecule has 3 aromatic heterocycles. The Kier molecular flexibility index (Phi) is 3.33. The minimum Gasteiger partial charge on any atom is -0.305 e. The van der Waals surface area contributed by atoms with E-state index in [-0.39, 0.29) is 0 Å². The van der Waals surface area contributed by atoms with Gasteiger partial charge in [0.2, 0.25) is 0 Å². The Bertz CT molecular complexity index is 896. The van der Waals surface area contributed by atoms with E-state index in [0.717, 1.165) is 27.0 Å². The number of fused-ring (bicyclic) bond motifs is 2. The van der Waals surface area contributed by atoms with Crippen LogP contribution in [0.3, 0.4) is 0 Å². The predicted molar refractivity (Wildman–Crippen MR) is 89.4 cm³/mol. The van der Waals surface area contributed by atoms with E-state index < -0.39 is 0 Å². The second-order valence-electron chi connectivity index (χ2n) is 4.58. The van der Waals surface area contributed by atoms with Crippen LogP contribution in [0, 0.1) is 0 Å². The molecule has 6 heteroatoms. The van der Waals surface area contributed by atoms with Crippen molar-refractivity contribution < 1.29 is 0 Å². The molecule has 0 radical (unpaired) electrons. The molecule has 1 aromatic carbocycles. The zero-order valence-corrected chi connectivity index (χ0v) is 13.3. The molecule has 0 saturated carbocycles. The van der Waals surface area contributed by atoms with E-state index in [0.29, 0.717) is 5.02 Å². The number of benzene rings is 1. The summed E-state index contributed by atoms with van der Waals surface area (Å²) in [6, 6.07) is 12.0. The summed E-state index contributed by atoms with van der Waals surface area (Å²) in [5.74, 6) is 0.805. The van der Waals surface area contributed by atoms with Crippen LogP contribution in [0.2, 0.25) is 5.02 Å². The van der Waals surface area contributed by atoms with Crippen molar-refractivity contribution in [2.45, 2.75) is 10.1 Å². The smallest absolute Gasteiger partial charge is 0.151 e. The molecule has 0 fully saturated rings. The van der Waals surface area contributed by atoms with Gasteiger partial charge in [-0.15, -0.1) is 11.3 Å². The number of rotatable bonds is 3. The van der Waals surface area contributed by atoms with Crippen molar-refractivity contribution in [2.75, 3.05) is 0 Å². The molecule has 104 valence electrons. The van der Waals surface area contributed by atoms with Gasteiger partial charge in [0, 0.05) is 18.1 Å². The number of thioether (sulfide) groups is 1. The highest BCUT2D eigenvalue weighted by molar-refractivity contribution is 8.00. The molecule has 4 aromatic rings. The van der Waals surface area contributed by atoms with Gasteiger partial charge in [0.25, 0.3) is 0 Å². The van der Waals surface area contributed by atoms with E-state index in [1.54, 1.807) is 23.1 Å². The quantitative estimate of drug-likeness (QED) is 0.501. The molecule has 0 atom stereocenters. The van der Waals surface area contributed by atoms with Gasteiger partial charge in [-0.2, -0.15) is 0 Å². The predicted octanol–water partition coefficient (Wildman–Crippen LogP) is 4.89. The largest absolute Gasteiger partial charge is 0.305 e. The van der Waals surface area contributed by atoms with Gasteiger partial charge >= 0.3 is 0 Å². The van der Waals surface area contributed by atoms with Crippen molar-refractivity contribution in [1.82, 2.24) is 14.4 Å². The molecule has 0 N–H and O–H groups in total. The van der Waals surface area contributed by atoms with Crippen LogP contribution in [0.15, 0.2) is 53.1 Å². The number of thiazole rings is 1. The van der Waals surface area contributed by atoms with Crippen LogP contribution in [-0.4, -0.2) is 14.4 Å². The van der Waals surface area contributed by atoms with Crippen LogP contribution in [0.4, 0.5) is 0 Å². The summed E-state index contributed by atoms with van der Waals surface area (Å²) < 4.78 is 4.25. The Hall–Kier alpha value is -1.56. The third-order valence-corrected chi connectivity index (χ3v) is 5.52. The Balaban J connectivity index is 1.57. The van der Waals surface area contributed by atoms with Gasteiger partial charge < -0.3 is 4.40 Å².